The van der Waals surface area contributed by atoms with E-state index in [0.29, 0.717) is 6.04 Å². The van der Waals surface area contributed by atoms with Crippen LogP contribution in [0.1, 0.15) is 38.8 Å². The van der Waals surface area contributed by atoms with Gasteiger partial charge < -0.3 is 15.0 Å². The molecule has 1 unspecified atom stereocenters. The van der Waals surface area contributed by atoms with E-state index in [2.05, 4.69) is 42.1 Å². The Balaban J connectivity index is 2.32. The molecule has 92 valence electrons. The Bertz CT molecular complexity index is 283. The van der Waals surface area contributed by atoms with Gasteiger partial charge in [0.1, 0.15) is 0 Å². The maximum absolute atomic E-state index is 8.75. The van der Waals surface area contributed by atoms with Crippen molar-refractivity contribution in [2.45, 2.75) is 52.2 Å². The zero-order chi connectivity index (χ0) is 11.8. The average molecular weight is 224 g/mol. The zero-order valence-electron chi connectivity index (χ0n) is 10.4. The van der Waals surface area contributed by atoms with Gasteiger partial charge >= 0.3 is 0 Å². The first-order chi connectivity index (χ1) is 7.77. The Morgan fingerprint density at radius 1 is 1.50 bits per heavy atom. The van der Waals surface area contributed by atoms with E-state index in [4.69, 9.17) is 5.11 Å². The summed E-state index contributed by atoms with van der Waals surface area (Å²) in [5, 5.41) is 12.2. The maximum Gasteiger partial charge on any atom is 0.0431 e. The first-order valence-corrected chi connectivity index (χ1v) is 6.26. The number of rotatable bonds is 8. The fraction of sp³-hybridized carbons (Fsp3) is 0.692. The Hall–Kier alpha value is -0.800. The molecule has 0 fully saturated rings. The van der Waals surface area contributed by atoms with E-state index < -0.39 is 0 Å². The minimum Gasteiger partial charge on any atom is -0.396 e. The van der Waals surface area contributed by atoms with Crippen LogP contribution in [0.5, 0.6) is 0 Å². The molecule has 1 heterocycles. The summed E-state index contributed by atoms with van der Waals surface area (Å²) in [6.45, 7) is 6.66. The molecular formula is C13H24N2O. The van der Waals surface area contributed by atoms with Crippen molar-refractivity contribution >= 4 is 0 Å². The fourth-order valence-corrected chi connectivity index (χ4v) is 1.85. The topological polar surface area (TPSA) is 37.2 Å². The van der Waals surface area contributed by atoms with Crippen molar-refractivity contribution in [1.82, 2.24) is 9.88 Å². The van der Waals surface area contributed by atoms with E-state index in [9.17, 15) is 0 Å². The predicted molar refractivity (Wildman–Crippen MR) is 67.3 cm³/mol. The van der Waals surface area contributed by atoms with Crippen molar-refractivity contribution < 1.29 is 5.11 Å². The molecule has 0 saturated carbocycles. The molecule has 0 aromatic carbocycles. The van der Waals surface area contributed by atoms with Gasteiger partial charge in [-0.25, -0.2) is 0 Å². The third kappa shape index (κ3) is 4.37. The lowest BCUT2D eigenvalue weighted by Crippen LogP contribution is -2.26. The van der Waals surface area contributed by atoms with Gasteiger partial charge in [0.25, 0.3) is 0 Å². The molecule has 1 aromatic heterocycles. The van der Waals surface area contributed by atoms with Crippen molar-refractivity contribution in [3.05, 3.63) is 24.0 Å². The van der Waals surface area contributed by atoms with Gasteiger partial charge in [0.2, 0.25) is 0 Å². The predicted octanol–water partition coefficient (Wildman–Crippen LogP) is 2.15. The minimum atomic E-state index is 0.290. The SMILES string of the molecule is CCCn1cccc1CNC(C)CCCO. The highest BCUT2D eigenvalue weighted by Gasteiger charge is 2.03. The van der Waals surface area contributed by atoms with Gasteiger partial charge in [-0.1, -0.05) is 6.92 Å². The Labute approximate surface area is 98.5 Å². The smallest absolute Gasteiger partial charge is 0.0431 e. The van der Waals surface area contributed by atoms with Gasteiger partial charge in [-0.3, -0.25) is 0 Å². The number of nitrogens with zero attached hydrogens (tertiary/aromatic N) is 1. The van der Waals surface area contributed by atoms with Crippen LogP contribution in [0, 0.1) is 0 Å². The van der Waals surface area contributed by atoms with Crippen molar-refractivity contribution in [3.63, 3.8) is 0 Å². The molecule has 3 nitrogen and oxygen atoms in total. The molecular weight excluding hydrogens is 200 g/mol. The van der Waals surface area contributed by atoms with Crippen LogP contribution >= 0.6 is 0 Å². The van der Waals surface area contributed by atoms with Gasteiger partial charge in [0, 0.05) is 37.6 Å². The number of aliphatic hydroxyl groups is 1. The first-order valence-electron chi connectivity index (χ1n) is 6.26. The molecule has 0 aliphatic carbocycles. The number of hydrogen-bond donors (Lipinski definition) is 2. The third-order valence-corrected chi connectivity index (χ3v) is 2.81. The highest BCUT2D eigenvalue weighted by atomic mass is 16.2. The molecule has 0 bridgehead atoms. The first kappa shape index (κ1) is 13.3. The number of aliphatic hydroxyl groups excluding tert-OH is 1. The zero-order valence-corrected chi connectivity index (χ0v) is 10.4. The van der Waals surface area contributed by atoms with Crippen LogP contribution in [-0.4, -0.2) is 22.3 Å². The van der Waals surface area contributed by atoms with E-state index in [-0.39, 0.29) is 6.61 Å². The van der Waals surface area contributed by atoms with Gasteiger partial charge in [-0.15, -0.1) is 0 Å². The quantitative estimate of drug-likeness (QED) is 0.710. The van der Waals surface area contributed by atoms with Crippen molar-refractivity contribution in [1.29, 1.82) is 0 Å². The summed E-state index contributed by atoms with van der Waals surface area (Å²) in [7, 11) is 0. The van der Waals surface area contributed by atoms with Crippen molar-refractivity contribution in [3.8, 4) is 0 Å². The molecule has 16 heavy (non-hydrogen) atoms. The van der Waals surface area contributed by atoms with Crippen LogP contribution < -0.4 is 5.32 Å². The van der Waals surface area contributed by atoms with E-state index >= 15 is 0 Å². The molecule has 1 atom stereocenters. The lowest BCUT2D eigenvalue weighted by atomic mass is 10.2. The summed E-state index contributed by atoms with van der Waals surface area (Å²) in [5.74, 6) is 0. The molecule has 0 spiro atoms. The highest BCUT2D eigenvalue weighted by Crippen LogP contribution is 2.04. The lowest BCUT2D eigenvalue weighted by molar-refractivity contribution is 0.276. The normalized spacial score (nSPS) is 12.9. The molecule has 3 heteroatoms. The van der Waals surface area contributed by atoms with E-state index in [1.165, 1.54) is 12.1 Å². The summed E-state index contributed by atoms with van der Waals surface area (Å²) in [4.78, 5) is 0. The second-order valence-corrected chi connectivity index (χ2v) is 4.34. The van der Waals surface area contributed by atoms with Gasteiger partial charge in [-0.05, 0) is 38.3 Å². The van der Waals surface area contributed by atoms with Crippen LogP contribution in [0.3, 0.4) is 0 Å². The summed E-state index contributed by atoms with van der Waals surface area (Å²) in [5.41, 5.74) is 1.35. The molecule has 0 amide bonds. The monoisotopic (exact) mass is 224 g/mol. The van der Waals surface area contributed by atoms with E-state index in [1.807, 2.05) is 0 Å². The average Bonchev–Trinajstić information content (AvgIpc) is 2.72. The van der Waals surface area contributed by atoms with E-state index in [1.54, 1.807) is 0 Å². The second-order valence-electron chi connectivity index (χ2n) is 4.34. The molecule has 0 saturated heterocycles. The molecule has 1 rings (SSSR count). The third-order valence-electron chi connectivity index (χ3n) is 2.81. The molecule has 0 radical (unpaired) electrons. The van der Waals surface area contributed by atoms with Crippen LogP contribution in [0.25, 0.3) is 0 Å². The van der Waals surface area contributed by atoms with Gasteiger partial charge in [0.05, 0.1) is 0 Å². The number of aryl methyl sites for hydroxylation is 1. The molecule has 1 aromatic rings. The van der Waals surface area contributed by atoms with Crippen molar-refractivity contribution in [2.24, 2.45) is 0 Å². The minimum absolute atomic E-state index is 0.290. The largest absolute Gasteiger partial charge is 0.396 e. The fourth-order valence-electron chi connectivity index (χ4n) is 1.85. The number of nitrogens with one attached hydrogen (secondary N) is 1. The van der Waals surface area contributed by atoms with Gasteiger partial charge in [0.15, 0.2) is 0 Å². The lowest BCUT2D eigenvalue weighted by Gasteiger charge is -2.14. The summed E-state index contributed by atoms with van der Waals surface area (Å²) in [6.07, 6.45) is 5.22. The molecule has 2 N–H and O–H groups in total. The number of aromatic nitrogens is 1. The summed E-state index contributed by atoms with van der Waals surface area (Å²) < 4.78 is 2.30. The van der Waals surface area contributed by atoms with Crippen LogP contribution in [-0.2, 0) is 13.1 Å². The van der Waals surface area contributed by atoms with Crippen molar-refractivity contribution in [2.75, 3.05) is 6.61 Å². The standard InChI is InChI=1S/C13H24N2O/c1-3-8-15-9-4-7-13(15)11-14-12(2)6-5-10-16/h4,7,9,12,14,16H,3,5-6,8,10-11H2,1-2H3. The summed E-state index contributed by atoms with van der Waals surface area (Å²) in [6, 6.07) is 4.74. The molecule has 0 aliphatic rings. The Morgan fingerprint density at radius 2 is 2.31 bits per heavy atom. The highest BCUT2D eigenvalue weighted by molar-refractivity contribution is 5.06. The van der Waals surface area contributed by atoms with Crippen LogP contribution in [0.15, 0.2) is 18.3 Å². The maximum atomic E-state index is 8.75. The van der Waals surface area contributed by atoms with Gasteiger partial charge in [-0.2, -0.15) is 0 Å². The van der Waals surface area contributed by atoms with Crippen LogP contribution in [0.4, 0.5) is 0 Å². The second kappa shape index (κ2) is 7.47. The van der Waals surface area contributed by atoms with Crippen LogP contribution in [0.2, 0.25) is 0 Å². The van der Waals surface area contributed by atoms with E-state index in [0.717, 1.165) is 25.9 Å². The molecule has 0 aliphatic heterocycles. The number of hydrogen-bond acceptors (Lipinski definition) is 2. The Morgan fingerprint density at radius 3 is 3.00 bits per heavy atom. The Kier molecular flexibility index (Phi) is 6.19. The summed E-state index contributed by atoms with van der Waals surface area (Å²) >= 11 is 0.